The SMILES string of the molecule is CC(C(=O)Nc1sc2c(c1C(N)=O)CCC2)N1CCCc2ccccc21. The number of amides is 2. The first-order valence-corrected chi connectivity index (χ1v) is 9.97. The molecule has 4 rings (SSSR count). The van der Waals surface area contributed by atoms with Crippen LogP contribution in [0.5, 0.6) is 0 Å². The fraction of sp³-hybridized carbons (Fsp3) is 0.400. The molecule has 1 aliphatic carbocycles. The van der Waals surface area contributed by atoms with Gasteiger partial charge in [0.15, 0.2) is 0 Å². The molecule has 1 unspecified atom stereocenters. The molecule has 0 fully saturated rings. The molecule has 3 N–H and O–H groups in total. The van der Waals surface area contributed by atoms with Crippen molar-refractivity contribution < 1.29 is 9.59 Å². The highest BCUT2D eigenvalue weighted by Gasteiger charge is 2.30. The summed E-state index contributed by atoms with van der Waals surface area (Å²) in [6, 6.07) is 7.94. The van der Waals surface area contributed by atoms with E-state index in [9.17, 15) is 9.59 Å². The molecule has 6 heteroatoms. The van der Waals surface area contributed by atoms with Gasteiger partial charge >= 0.3 is 0 Å². The van der Waals surface area contributed by atoms with Gasteiger partial charge in [0, 0.05) is 17.1 Å². The van der Waals surface area contributed by atoms with Gasteiger partial charge in [0.05, 0.1) is 5.56 Å². The van der Waals surface area contributed by atoms with Crippen molar-refractivity contribution in [2.75, 3.05) is 16.8 Å². The molecule has 136 valence electrons. The number of primary amides is 1. The van der Waals surface area contributed by atoms with Gasteiger partial charge in [-0.3, -0.25) is 9.59 Å². The highest BCUT2D eigenvalue weighted by molar-refractivity contribution is 7.17. The summed E-state index contributed by atoms with van der Waals surface area (Å²) < 4.78 is 0. The molecule has 1 aromatic heterocycles. The molecule has 2 amide bonds. The second kappa shape index (κ2) is 6.76. The Kier molecular flexibility index (Phi) is 4.44. The molecule has 2 aliphatic rings. The van der Waals surface area contributed by atoms with E-state index < -0.39 is 5.91 Å². The van der Waals surface area contributed by atoms with Crippen LogP contribution >= 0.6 is 11.3 Å². The van der Waals surface area contributed by atoms with Crippen molar-refractivity contribution in [1.29, 1.82) is 0 Å². The van der Waals surface area contributed by atoms with Crippen LogP contribution in [0.2, 0.25) is 0 Å². The lowest BCUT2D eigenvalue weighted by atomic mass is 10.00. The Bertz CT molecular complexity index is 874. The van der Waals surface area contributed by atoms with Gasteiger partial charge in [-0.15, -0.1) is 11.3 Å². The highest BCUT2D eigenvalue weighted by Crippen LogP contribution is 2.39. The number of aryl methyl sites for hydroxylation is 2. The smallest absolute Gasteiger partial charge is 0.251 e. The predicted molar refractivity (Wildman–Crippen MR) is 105 cm³/mol. The number of fused-ring (bicyclic) bond motifs is 2. The average Bonchev–Trinajstić information content (AvgIpc) is 3.20. The maximum absolute atomic E-state index is 12.9. The van der Waals surface area contributed by atoms with E-state index in [2.05, 4.69) is 22.3 Å². The van der Waals surface area contributed by atoms with Crippen molar-refractivity contribution >= 4 is 33.8 Å². The molecule has 5 nitrogen and oxygen atoms in total. The molecule has 0 radical (unpaired) electrons. The summed E-state index contributed by atoms with van der Waals surface area (Å²) in [5, 5.41) is 3.60. The molecule has 2 aromatic rings. The van der Waals surface area contributed by atoms with Crippen LogP contribution in [0.4, 0.5) is 10.7 Å². The summed E-state index contributed by atoms with van der Waals surface area (Å²) in [5.74, 6) is -0.542. The van der Waals surface area contributed by atoms with Crippen molar-refractivity contribution in [3.8, 4) is 0 Å². The summed E-state index contributed by atoms with van der Waals surface area (Å²) in [4.78, 5) is 28.2. The standard InChI is InChI=1S/C20H23N3O2S/c1-12(23-11-5-7-13-6-2-3-9-15(13)23)19(25)22-20-17(18(21)24)14-8-4-10-16(14)26-20/h2-3,6,9,12H,4-5,7-8,10-11H2,1H3,(H2,21,24)(H,22,25). The maximum Gasteiger partial charge on any atom is 0.251 e. The van der Waals surface area contributed by atoms with Crippen molar-refractivity contribution in [2.45, 2.75) is 45.1 Å². The first-order chi connectivity index (χ1) is 12.6. The number of nitrogens with two attached hydrogens (primary N) is 1. The van der Waals surface area contributed by atoms with Crippen LogP contribution in [0.1, 0.15) is 46.1 Å². The fourth-order valence-electron chi connectivity index (χ4n) is 4.08. The van der Waals surface area contributed by atoms with Gasteiger partial charge in [0.1, 0.15) is 11.0 Å². The minimum absolute atomic E-state index is 0.0934. The number of nitrogens with zero attached hydrogens (tertiary/aromatic N) is 1. The number of anilines is 2. The van der Waals surface area contributed by atoms with Gasteiger partial charge in [-0.05, 0) is 56.2 Å². The number of nitrogens with one attached hydrogen (secondary N) is 1. The van der Waals surface area contributed by atoms with Crippen LogP contribution < -0.4 is 16.0 Å². The molecule has 1 aliphatic heterocycles. The Hall–Kier alpha value is -2.34. The van der Waals surface area contributed by atoms with Crippen molar-refractivity contribution in [1.82, 2.24) is 0 Å². The number of para-hydroxylation sites is 1. The molecule has 0 saturated heterocycles. The van der Waals surface area contributed by atoms with Crippen LogP contribution in [0, 0.1) is 0 Å². The number of benzene rings is 1. The van der Waals surface area contributed by atoms with E-state index in [-0.39, 0.29) is 11.9 Å². The lowest BCUT2D eigenvalue weighted by Gasteiger charge is -2.35. The minimum atomic E-state index is -0.448. The van der Waals surface area contributed by atoms with E-state index >= 15 is 0 Å². The van der Waals surface area contributed by atoms with Gasteiger partial charge in [0.2, 0.25) is 5.91 Å². The summed E-state index contributed by atoms with van der Waals surface area (Å²) in [7, 11) is 0. The van der Waals surface area contributed by atoms with Gasteiger partial charge in [-0.1, -0.05) is 18.2 Å². The molecule has 1 atom stereocenters. The third-order valence-electron chi connectivity index (χ3n) is 5.40. The Morgan fingerprint density at radius 1 is 1.19 bits per heavy atom. The topological polar surface area (TPSA) is 75.4 Å². The number of carbonyl (C=O) groups excluding carboxylic acids is 2. The van der Waals surface area contributed by atoms with Crippen LogP contribution in [0.15, 0.2) is 24.3 Å². The van der Waals surface area contributed by atoms with Gasteiger partial charge in [0.25, 0.3) is 5.91 Å². The molecule has 26 heavy (non-hydrogen) atoms. The van der Waals surface area contributed by atoms with Gasteiger partial charge in [-0.2, -0.15) is 0 Å². The number of hydrogen-bond acceptors (Lipinski definition) is 4. The summed E-state index contributed by atoms with van der Waals surface area (Å²) in [6.07, 6.45) is 4.97. The van der Waals surface area contributed by atoms with Crippen molar-refractivity contribution in [2.24, 2.45) is 5.73 Å². The largest absolute Gasteiger partial charge is 0.365 e. The molecular weight excluding hydrogens is 346 g/mol. The number of carbonyl (C=O) groups is 2. The van der Waals surface area contributed by atoms with Gasteiger partial charge in [-0.25, -0.2) is 0 Å². The Labute approximate surface area is 157 Å². The monoisotopic (exact) mass is 369 g/mol. The second-order valence-electron chi connectivity index (χ2n) is 7.02. The summed E-state index contributed by atoms with van der Waals surface area (Å²) in [5.41, 5.74) is 9.56. The normalized spacial score (nSPS) is 16.7. The van der Waals surface area contributed by atoms with Crippen molar-refractivity contribution in [3.63, 3.8) is 0 Å². The first-order valence-electron chi connectivity index (χ1n) is 9.16. The van der Waals surface area contributed by atoms with Crippen LogP contribution in [0.25, 0.3) is 0 Å². The number of hydrogen-bond donors (Lipinski definition) is 2. The zero-order chi connectivity index (χ0) is 18.3. The maximum atomic E-state index is 12.9. The van der Waals surface area contributed by atoms with Crippen LogP contribution in [-0.2, 0) is 24.1 Å². The van der Waals surface area contributed by atoms with Gasteiger partial charge < -0.3 is 16.0 Å². The van der Waals surface area contributed by atoms with E-state index in [1.807, 2.05) is 19.1 Å². The van der Waals surface area contributed by atoms with Crippen molar-refractivity contribution in [3.05, 3.63) is 45.8 Å². The molecule has 0 bridgehead atoms. The molecule has 2 heterocycles. The lowest BCUT2D eigenvalue weighted by Crippen LogP contribution is -2.44. The van der Waals surface area contributed by atoms with E-state index in [0.717, 1.165) is 49.9 Å². The quantitative estimate of drug-likeness (QED) is 0.869. The molecule has 0 spiro atoms. The average molecular weight is 369 g/mol. The summed E-state index contributed by atoms with van der Waals surface area (Å²) in [6.45, 7) is 2.78. The van der Waals surface area contributed by atoms with E-state index in [4.69, 9.17) is 5.73 Å². The zero-order valence-electron chi connectivity index (χ0n) is 14.9. The molecular formula is C20H23N3O2S. The minimum Gasteiger partial charge on any atom is -0.365 e. The summed E-state index contributed by atoms with van der Waals surface area (Å²) >= 11 is 1.50. The van der Waals surface area contributed by atoms with E-state index in [0.29, 0.717) is 10.6 Å². The highest BCUT2D eigenvalue weighted by atomic mass is 32.1. The number of rotatable bonds is 4. The van der Waals surface area contributed by atoms with Crippen LogP contribution in [-0.4, -0.2) is 24.4 Å². The first kappa shape index (κ1) is 17.1. The van der Waals surface area contributed by atoms with E-state index in [1.165, 1.54) is 21.8 Å². The third kappa shape index (κ3) is 2.88. The second-order valence-corrected chi connectivity index (χ2v) is 8.12. The molecule has 0 saturated carbocycles. The Balaban J connectivity index is 1.57. The lowest BCUT2D eigenvalue weighted by molar-refractivity contribution is -0.117. The molecule has 1 aromatic carbocycles. The Morgan fingerprint density at radius 3 is 2.81 bits per heavy atom. The fourth-order valence-corrected chi connectivity index (χ4v) is 5.37. The van der Waals surface area contributed by atoms with Crippen LogP contribution in [0.3, 0.4) is 0 Å². The Morgan fingerprint density at radius 2 is 2.00 bits per heavy atom. The number of thiophene rings is 1. The predicted octanol–water partition coefficient (Wildman–Crippen LogP) is 3.12. The zero-order valence-corrected chi connectivity index (χ0v) is 15.7. The third-order valence-corrected chi connectivity index (χ3v) is 6.60. The van der Waals surface area contributed by atoms with E-state index in [1.54, 1.807) is 0 Å².